The summed E-state index contributed by atoms with van der Waals surface area (Å²) < 4.78 is 14.9. The third kappa shape index (κ3) is 4.29. The van der Waals surface area contributed by atoms with E-state index < -0.39 is 0 Å². The highest BCUT2D eigenvalue weighted by molar-refractivity contribution is 8.00. The number of halogens is 1. The molecular weight excluding hydrogens is 351 g/mol. The van der Waals surface area contributed by atoms with Gasteiger partial charge in [0.25, 0.3) is 0 Å². The summed E-state index contributed by atoms with van der Waals surface area (Å²) >= 11 is 1.35. The number of hydrogen-bond donors (Lipinski definition) is 1. The van der Waals surface area contributed by atoms with Crippen molar-refractivity contribution in [1.82, 2.24) is 20.1 Å². The van der Waals surface area contributed by atoms with Gasteiger partial charge in [-0.15, -0.1) is 10.2 Å². The Morgan fingerprint density at radius 2 is 1.85 bits per heavy atom. The van der Waals surface area contributed by atoms with Gasteiger partial charge in [-0.3, -0.25) is 9.36 Å². The van der Waals surface area contributed by atoms with Crippen LogP contribution >= 0.6 is 11.8 Å². The number of nitrogens with one attached hydrogen (secondary N) is 1. The van der Waals surface area contributed by atoms with Gasteiger partial charge in [0.05, 0.1) is 5.25 Å². The minimum Gasteiger partial charge on any atom is -0.351 e. The van der Waals surface area contributed by atoms with E-state index in [1.807, 2.05) is 48.7 Å². The molecule has 134 valence electrons. The lowest BCUT2D eigenvalue weighted by Gasteiger charge is -2.13. The van der Waals surface area contributed by atoms with Gasteiger partial charge in [0.1, 0.15) is 11.6 Å². The molecule has 0 aliphatic heterocycles. The maximum absolute atomic E-state index is 12.9. The molecule has 0 unspecified atom stereocenters. The molecule has 0 aliphatic rings. The van der Waals surface area contributed by atoms with Crippen molar-refractivity contribution in [3.05, 3.63) is 71.8 Å². The number of aryl methyl sites for hydroxylation is 1. The predicted molar refractivity (Wildman–Crippen MR) is 99.7 cm³/mol. The molecule has 5 nitrogen and oxygen atoms in total. The van der Waals surface area contributed by atoms with E-state index in [0.717, 1.165) is 17.1 Å². The summed E-state index contributed by atoms with van der Waals surface area (Å²) in [7, 11) is 0. The lowest BCUT2D eigenvalue weighted by Crippen LogP contribution is -2.30. The molecule has 2 aromatic carbocycles. The van der Waals surface area contributed by atoms with Crippen molar-refractivity contribution in [2.45, 2.75) is 30.8 Å². The molecule has 3 rings (SSSR count). The van der Waals surface area contributed by atoms with Gasteiger partial charge < -0.3 is 5.32 Å². The van der Waals surface area contributed by atoms with Crippen LogP contribution in [0.3, 0.4) is 0 Å². The second kappa shape index (κ2) is 8.14. The lowest BCUT2D eigenvalue weighted by atomic mass is 10.2. The predicted octanol–water partition coefficient (Wildman–Crippen LogP) is 3.51. The quantitative estimate of drug-likeness (QED) is 0.675. The summed E-state index contributed by atoms with van der Waals surface area (Å²) in [5.74, 6) is 0.358. The van der Waals surface area contributed by atoms with Crippen LogP contribution in [0.15, 0.2) is 59.8 Å². The Hall–Kier alpha value is -2.67. The third-order valence-electron chi connectivity index (χ3n) is 3.84. The van der Waals surface area contributed by atoms with E-state index in [0.29, 0.717) is 11.7 Å². The van der Waals surface area contributed by atoms with Crippen LogP contribution < -0.4 is 5.32 Å². The average Bonchev–Trinajstić information content (AvgIpc) is 3.01. The van der Waals surface area contributed by atoms with Crippen LogP contribution in [0, 0.1) is 12.7 Å². The highest BCUT2D eigenvalue weighted by atomic mass is 32.2. The van der Waals surface area contributed by atoms with Gasteiger partial charge in [0, 0.05) is 12.2 Å². The van der Waals surface area contributed by atoms with E-state index in [4.69, 9.17) is 0 Å². The van der Waals surface area contributed by atoms with Crippen LogP contribution in [0.2, 0.25) is 0 Å². The van der Waals surface area contributed by atoms with E-state index in [1.165, 1.54) is 23.9 Å². The Morgan fingerprint density at radius 1 is 1.15 bits per heavy atom. The molecule has 0 spiro atoms. The zero-order valence-corrected chi connectivity index (χ0v) is 15.3. The number of aromatic nitrogens is 3. The number of benzene rings is 2. The molecule has 7 heteroatoms. The van der Waals surface area contributed by atoms with Gasteiger partial charge in [-0.1, -0.05) is 42.1 Å². The van der Waals surface area contributed by atoms with Crippen LogP contribution in [0.25, 0.3) is 5.69 Å². The molecular formula is C19H19FN4OS. The van der Waals surface area contributed by atoms with Crippen molar-refractivity contribution in [1.29, 1.82) is 0 Å². The first-order valence-corrected chi connectivity index (χ1v) is 9.09. The van der Waals surface area contributed by atoms with Gasteiger partial charge in [-0.25, -0.2) is 4.39 Å². The second-order valence-electron chi connectivity index (χ2n) is 5.81. The summed E-state index contributed by atoms with van der Waals surface area (Å²) in [6.45, 7) is 4.06. The topological polar surface area (TPSA) is 59.8 Å². The number of carbonyl (C=O) groups is 1. The molecule has 0 aliphatic carbocycles. The number of hydrogen-bond acceptors (Lipinski definition) is 4. The van der Waals surface area contributed by atoms with Gasteiger partial charge in [0.15, 0.2) is 5.16 Å². The van der Waals surface area contributed by atoms with Crippen molar-refractivity contribution in [3.8, 4) is 5.69 Å². The minimum absolute atomic E-state index is 0.111. The summed E-state index contributed by atoms with van der Waals surface area (Å²) in [5.41, 5.74) is 1.80. The molecule has 0 saturated carbocycles. The maximum atomic E-state index is 12.9. The van der Waals surface area contributed by atoms with Crippen LogP contribution in [-0.2, 0) is 11.3 Å². The molecule has 1 amide bonds. The summed E-state index contributed by atoms with van der Waals surface area (Å²) in [4.78, 5) is 12.4. The Kier molecular flexibility index (Phi) is 5.68. The lowest BCUT2D eigenvalue weighted by molar-refractivity contribution is -0.120. The van der Waals surface area contributed by atoms with Crippen molar-refractivity contribution < 1.29 is 9.18 Å². The minimum atomic E-state index is -0.346. The number of thioether (sulfide) groups is 1. The summed E-state index contributed by atoms with van der Waals surface area (Å²) in [5, 5.41) is 11.5. The Bertz CT molecular complexity index is 880. The SMILES string of the molecule is Cc1nnc(S[C@@H](C)C(=O)NCc2ccc(F)cc2)n1-c1ccccc1. The molecule has 1 N–H and O–H groups in total. The molecule has 0 saturated heterocycles. The van der Waals surface area contributed by atoms with E-state index in [-0.39, 0.29) is 17.0 Å². The zero-order valence-electron chi connectivity index (χ0n) is 14.5. The fourth-order valence-corrected chi connectivity index (χ4v) is 3.38. The summed E-state index contributed by atoms with van der Waals surface area (Å²) in [6.07, 6.45) is 0. The van der Waals surface area contributed by atoms with Crippen molar-refractivity contribution >= 4 is 17.7 Å². The fourth-order valence-electron chi connectivity index (χ4n) is 2.44. The largest absolute Gasteiger partial charge is 0.351 e. The monoisotopic (exact) mass is 370 g/mol. The molecule has 3 aromatic rings. The van der Waals surface area contributed by atoms with Crippen LogP contribution in [0.1, 0.15) is 18.3 Å². The molecule has 1 atom stereocenters. The maximum Gasteiger partial charge on any atom is 0.233 e. The molecule has 0 bridgehead atoms. The third-order valence-corrected chi connectivity index (χ3v) is 4.88. The van der Waals surface area contributed by atoms with Gasteiger partial charge in [0.2, 0.25) is 5.91 Å². The number of carbonyl (C=O) groups excluding carboxylic acids is 1. The molecule has 26 heavy (non-hydrogen) atoms. The smallest absolute Gasteiger partial charge is 0.233 e. The number of nitrogens with zero attached hydrogens (tertiary/aromatic N) is 3. The average molecular weight is 370 g/mol. The van der Waals surface area contributed by atoms with Crippen molar-refractivity contribution in [3.63, 3.8) is 0 Å². The highest BCUT2D eigenvalue weighted by Gasteiger charge is 2.19. The number of para-hydroxylation sites is 1. The highest BCUT2D eigenvalue weighted by Crippen LogP contribution is 2.25. The zero-order chi connectivity index (χ0) is 18.5. The van der Waals surface area contributed by atoms with Crippen LogP contribution in [0.4, 0.5) is 4.39 Å². The Morgan fingerprint density at radius 3 is 2.54 bits per heavy atom. The van der Waals surface area contributed by atoms with E-state index >= 15 is 0 Å². The number of amides is 1. The molecule has 0 fully saturated rings. The van der Waals surface area contributed by atoms with Gasteiger partial charge in [-0.05, 0) is 43.7 Å². The van der Waals surface area contributed by atoms with Crippen LogP contribution in [-0.4, -0.2) is 25.9 Å². The molecule has 1 heterocycles. The van der Waals surface area contributed by atoms with Gasteiger partial charge >= 0.3 is 0 Å². The second-order valence-corrected chi connectivity index (χ2v) is 7.11. The normalized spacial score (nSPS) is 12.0. The Labute approximate surface area is 155 Å². The molecule has 0 radical (unpaired) electrons. The standard InChI is InChI=1S/C19H19FN4OS/c1-13(18(25)21-12-15-8-10-16(20)11-9-15)26-19-23-22-14(2)24(19)17-6-4-3-5-7-17/h3-11,13H,12H2,1-2H3,(H,21,25)/t13-/m0/s1. The van der Waals surface area contributed by atoms with Crippen LogP contribution in [0.5, 0.6) is 0 Å². The number of rotatable bonds is 6. The van der Waals surface area contributed by atoms with Crippen molar-refractivity contribution in [2.24, 2.45) is 0 Å². The van der Waals surface area contributed by atoms with Gasteiger partial charge in [-0.2, -0.15) is 0 Å². The van der Waals surface area contributed by atoms with E-state index in [2.05, 4.69) is 15.5 Å². The molecule has 1 aromatic heterocycles. The van der Waals surface area contributed by atoms with E-state index in [1.54, 1.807) is 12.1 Å². The first-order valence-electron chi connectivity index (χ1n) is 8.21. The Balaban J connectivity index is 1.65. The first-order chi connectivity index (χ1) is 12.5. The summed E-state index contributed by atoms with van der Waals surface area (Å²) in [6, 6.07) is 15.9. The fraction of sp³-hybridized carbons (Fsp3) is 0.211. The van der Waals surface area contributed by atoms with E-state index in [9.17, 15) is 9.18 Å². The van der Waals surface area contributed by atoms with Crippen molar-refractivity contribution in [2.75, 3.05) is 0 Å². The first kappa shape index (κ1) is 18.1.